The molecule has 110 valence electrons. The van der Waals surface area contributed by atoms with E-state index in [-0.39, 0.29) is 11.6 Å². The Hall–Kier alpha value is -1.75. The van der Waals surface area contributed by atoms with E-state index >= 15 is 0 Å². The highest BCUT2D eigenvalue weighted by Gasteiger charge is 2.29. The molecule has 5 nitrogen and oxygen atoms in total. The van der Waals surface area contributed by atoms with Gasteiger partial charge in [0.2, 0.25) is 0 Å². The highest BCUT2D eigenvalue weighted by Crippen LogP contribution is 2.41. The summed E-state index contributed by atoms with van der Waals surface area (Å²) in [6.45, 7) is 2.95. The van der Waals surface area contributed by atoms with Crippen molar-refractivity contribution in [2.24, 2.45) is 0 Å². The minimum absolute atomic E-state index is 0.167. The topological polar surface area (TPSA) is 67.8 Å². The van der Waals surface area contributed by atoms with E-state index < -0.39 is 5.97 Å². The van der Waals surface area contributed by atoms with E-state index in [0.29, 0.717) is 11.5 Å². The fourth-order valence-corrected chi connectivity index (χ4v) is 2.91. The van der Waals surface area contributed by atoms with Crippen molar-refractivity contribution in [1.82, 2.24) is 5.32 Å². The highest BCUT2D eigenvalue weighted by molar-refractivity contribution is 5.92. The lowest BCUT2D eigenvalue weighted by molar-refractivity contribution is 0.0692. The fraction of sp³-hybridized carbons (Fsp3) is 0.533. The number of nitrogens with one attached hydrogen (secondary N) is 1. The van der Waals surface area contributed by atoms with Crippen LogP contribution >= 0.6 is 0 Å². The minimum Gasteiger partial charge on any atom is -0.496 e. The van der Waals surface area contributed by atoms with Gasteiger partial charge in [0.05, 0.1) is 14.2 Å². The number of aromatic carboxylic acids is 1. The van der Waals surface area contributed by atoms with Crippen LogP contribution in [0.3, 0.4) is 0 Å². The summed E-state index contributed by atoms with van der Waals surface area (Å²) in [4.78, 5) is 11.4. The molecule has 0 aromatic heterocycles. The molecular formula is C15H21NO4. The van der Waals surface area contributed by atoms with Gasteiger partial charge < -0.3 is 19.9 Å². The second-order valence-corrected chi connectivity index (χ2v) is 4.90. The summed E-state index contributed by atoms with van der Waals surface area (Å²) in [6, 6.07) is 1.76. The molecule has 0 amide bonds. The quantitative estimate of drug-likeness (QED) is 0.866. The molecule has 0 bridgehead atoms. The highest BCUT2D eigenvalue weighted by atomic mass is 16.5. The SMILES string of the molecule is CCCC1NCCc2c(OC)c(C(=O)O)cc(OC)c21. The third-order valence-corrected chi connectivity index (χ3v) is 3.73. The van der Waals surface area contributed by atoms with E-state index in [2.05, 4.69) is 12.2 Å². The number of fused-ring (bicyclic) bond motifs is 1. The first-order valence-corrected chi connectivity index (χ1v) is 6.88. The monoisotopic (exact) mass is 279 g/mol. The van der Waals surface area contributed by atoms with Gasteiger partial charge in [-0.2, -0.15) is 0 Å². The first-order chi connectivity index (χ1) is 9.63. The van der Waals surface area contributed by atoms with Crippen LogP contribution in [-0.4, -0.2) is 31.8 Å². The number of rotatable bonds is 5. The average Bonchev–Trinajstić information content (AvgIpc) is 2.45. The van der Waals surface area contributed by atoms with E-state index in [4.69, 9.17) is 9.47 Å². The number of ether oxygens (including phenoxy) is 2. The van der Waals surface area contributed by atoms with Crippen molar-refractivity contribution in [3.8, 4) is 11.5 Å². The molecule has 1 aliphatic rings. The normalized spacial score (nSPS) is 17.4. The van der Waals surface area contributed by atoms with Gasteiger partial charge in [-0.15, -0.1) is 0 Å². The van der Waals surface area contributed by atoms with Gasteiger partial charge in [0.15, 0.2) is 0 Å². The molecule has 2 rings (SSSR count). The van der Waals surface area contributed by atoms with E-state index in [1.54, 1.807) is 13.2 Å². The molecule has 0 spiro atoms. The lowest BCUT2D eigenvalue weighted by atomic mass is 9.88. The van der Waals surface area contributed by atoms with E-state index in [1.807, 2.05) is 0 Å². The Morgan fingerprint density at radius 2 is 2.20 bits per heavy atom. The molecule has 0 saturated heterocycles. The third-order valence-electron chi connectivity index (χ3n) is 3.73. The fourth-order valence-electron chi connectivity index (χ4n) is 2.91. The van der Waals surface area contributed by atoms with Crippen LogP contribution in [0, 0.1) is 0 Å². The molecule has 1 aromatic rings. The predicted molar refractivity (Wildman–Crippen MR) is 75.9 cm³/mol. The number of carboxylic acids is 1. The van der Waals surface area contributed by atoms with Crippen LogP contribution in [0.2, 0.25) is 0 Å². The van der Waals surface area contributed by atoms with Crippen LogP contribution in [-0.2, 0) is 6.42 Å². The van der Waals surface area contributed by atoms with Crippen molar-refractivity contribution in [2.75, 3.05) is 20.8 Å². The molecule has 1 unspecified atom stereocenters. The van der Waals surface area contributed by atoms with Crippen LogP contribution < -0.4 is 14.8 Å². The lowest BCUT2D eigenvalue weighted by Gasteiger charge is -2.30. The number of hydrogen-bond acceptors (Lipinski definition) is 4. The third kappa shape index (κ3) is 2.45. The smallest absolute Gasteiger partial charge is 0.339 e. The van der Waals surface area contributed by atoms with E-state index in [0.717, 1.165) is 36.9 Å². The molecule has 20 heavy (non-hydrogen) atoms. The minimum atomic E-state index is -0.992. The summed E-state index contributed by atoms with van der Waals surface area (Å²) in [5, 5.41) is 12.8. The van der Waals surface area contributed by atoms with E-state index in [9.17, 15) is 9.90 Å². The summed E-state index contributed by atoms with van der Waals surface area (Å²) >= 11 is 0. The lowest BCUT2D eigenvalue weighted by Crippen LogP contribution is -2.31. The second kappa shape index (κ2) is 6.13. The Morgan fingerprint density at radius 1 is 1.45 bits per heavy atom. The first kappa shape index (κ1) is 14.7. The number of carboxylic acid groups (broad SMARTS) is 1. The van der Waals surface area contributed by atoms with Crippen molar-refractivity contribution in [1.29, 1.82) is 0 Å². The van der Waals surface area contributed by atoms with Gasteiger partial charge in [0.25, 0.3) is 0 Å². The zero-order chi connectivity index (χ0) is 14.7. The molecule has 1 aliphatic heterocycles. The standard InChI is InChI=1S/C15H21NO4/c1-4-5-11-13-9(6-7-16-11)14(20-3)10(15(17)18)8-12(13)19-2/h8,11,16H,4-7H2,1-3H3,(H,17,18). The number of hydrogen-bond donors (Lipinski definition) is 2. The van der Waals surface area contributed by atoms with Gasteiger partial charge in [-0.1, -0.05) is 13.3 Å². The van der Waals surface area contributed by atoms with Gasteiger partial charge in [-0.25, -0.2) is 4.79 Å². The summed E-state index contributed by atoms with van der Waals surface area (Å²) in [5.41, 5.74) is 2.17. The summed E-state index contributed by atoms with van der Waals surface area (Å²) in [7, 11) is 3.09. The summed E-state index contributed by atoms with van der Waals surface area (Å²) in [6.07, 6.45) is 2.78. The zero-order valence-corrected chi connectivity index (χ0v) is 12.2. The van der Waals surface area contributed by atoms with Gasteiger partial charge in [0.1, 0.15) is 17.1 Å². The van der Waals surface area contributed by atoms with Crippen LogP contribution in [0.4, 0.5) is 0 Å². The molecule has 1 heterocycles. The van der Waals surface area contributed by atoms with Crippen molar-refractivity contribution in [3.05, 3.63) is 22.8 Å². The van der Waals surface area contributed by atoms with Crippen LogP contribution in [0.15, 0.2) is 6.07 Å². The Morgan fingerprint density at radius 3 is 2.75 bits per heavy atom. The number of benzene rings is 1. The Kier molecular flexibility index (Phi) is 4.49. The van der Waals surface area contributed by atoms with Gasteiger partial charge >= 0.3 is 5.97 Å². The molecule has 0 radical (unpaired) electrons. The van der Waals surface area contributed by atoms with Crippen LogP contribution in [0.1, 0.15) is 47.3 Å². The molecule has 2 N–H and O–H groups in total. The number of carbonyl (C=O) groups is 1. The van der Waals surface area contributed by atoms with Crippen LogP contribution in [0.5, 0.6) is 11.5 Å². The molecule has 0 saturated carbocycles. The molecular weight excluding hydrogens is 258 g/mol. The molecule has 0 aliphatic carbocycles. The van der Waals surface area contributed by atoms with Gasteiger partial charge in [-0.3, -0.25) is 0 Å². The molecule has 1 atom stereocenters. The summed E-state index contributed by atoms with van der Waals surface area (Å²) in [5.74, 6) is 0.105. The second-order valence-electron chi connectivity index (χ2n) is 4.90. The van der Waals surface area contributed by atoms with Crippen LogP contribution in [0.25, 0.3) is 0 Å². The largest absolute Gasteiger partial charge is 0.496 e. The maximum absolute atomic E-state index is 11.4. The predicted octanol–water partition coefficient (Wildman–Crippen LogP) is 2.39. The Bertz CT molecular complexity index is 513. The van der Waals surface area contributed by atoms with Gasteiger partial charge in [-0.05, 0) is 25.5 Å². The number of methoxy groups -OCH3 is 2. The summed E-state index contributed by atoms with van der Waals surface area (Å²) < 4.78 is 10.8. The first-order valence-electron chi connectivity index (χ1n) is 6.88. The maximum atomic E-state index is 11.4. The molecule has 0 fully saturated rings. The Labute approximate surface area is 118 Å². The van der Waals surface area contributed by atoms with Crippen molar-refractivity contribution < 1.29 is 19.4 Å². The van der Waals surface area contributed by atoms with Crippen molar-refractivity contribution >= 4 is 5.97 Å². The van der Waals surface area contributed by atoms with Crippen molar-refractivity contribution in [2.45, 2.75) is 32.2 Å². The maximum Gasteiger partial charge on any atom is 0.339 e. The molecule has 5 heteroatoms. The van der Waals surface area contributed by atoms with E-state index in [1.165, 1.54) is 7.11 Å². The average molecular weight is 279 g/mol. The van der Waals surface area contributed by atoms with Crippen molar-refractivity contribution in [3.63, 3.8) is 0 Å². The van der Waals surface area contributed by atoms with Gasteiger partial charge in [0, 0.05) is 17.2 Å². The zero-order valence-electron chi connectivity index (χ0n) is 12.2. The Balaban J connectivity index is 2.65. The molecule has 1 aromatic carbocycles.